The Morgan fingerprint density at radius 3 is 1.67 bits per heavy atom. The molecule has 24 heavy (non-hydrogen) atoms. The standard InChI is InChI=1S/C21H35Cl2N/c1-24(2)17-13-11-9-7-5-3-4-6-8-10-12-14-19-15-16-20(22)21(23)18-19/h15-16,18H,3-14,17H2,1-2H3. The van der Waals surface area contributed by atoms with Crippen molar-refractivity contribution in [1.82, 2.24) is 4.90 Å². The van der Waals surface area contributed by atoms with Gasteiger partial charge in [-0.1, -0.05) is 87.1 Å². The maximum atomic E-state index is 6.04. The summed E-state index contributed by atoms with van der Waals surface area (Å²) in [5.74, 6) is 0. The van der Waals surface area contributed by atoms with Crippen LogP contribution in [0.25, 0.3) is 0 Å². The van der Waals surface area contributed by atoms with Crippen LogP contribution in [0.4, 0.5) is 0 Å². The minimum Gasteiger partial charge on any atom is -0.309 e. The monoisotopic (exact) mass is 371 g/mol. The SMILES string of the molecule is CN(C)CCCCCCCCCCCCCc1ccc(Cl)c(Cl)c1. The molecule has 1 nitrogen and oxygen atoms in total. The molecule has 1 rings (SSSR count). The van der Waals surface area contributed by atoms with E-state index < -0.39 is 0 Å². The molecule has 0 N–H and O–H groups in total. The number of rotatable bonds is 14. The van der Waals surface area contributed by atoms with E-state index in [9.17, 15) is 0 Å². The van der Waals surface area contributed by atoms with Gasteiger partial charge in [-0.25, -0.2) is 0 Å². The maximum absolute atomic E-state index is 6.04. The van der Waals surface area contributed by atoms with Crippen LogP contribution in [0.5, 0.6) is 0 Å². The lowest BCUT2D eigenvalue weighted by molar-refractivity contribution is 0.389. The number of benzene rings is 1. The summed E-state index contributed by atoms with van der Waals surface area (Å²) in [6.07, 6.45) is 16.3. The van der Waals surface area contributed by atoms with E-state index in [1.165, 1.54) is 82.7 Å². The first-order valence-electron chi connectivity index (χ1n) is 9.68. The molecule has 0 radical (unpaired) electrons. The zero-order chi connectivity index (χ0) is 17.6. The van der Waals surface area contributed by atoms with Crippen LogP contribution in [0.2, 0.25) is 10.0 Å². The van der Waals surface area contributed by atoms with Crippen molar-refractivity contribution in [2.45, 2.75) is 77.0 Å². The van der Waals surface area contributed by atoms with Crippen molar-refractivity contribution in [3.63, 3.8) is 0 Å². The van der Waals surface area contributed by atoms with Crippen molar-refractivity contribution < 1.29 is 0 Å². The molecule has 0 atom stereocenters. The third kappa shape index (κ3) is 11.3. The number of nitrogens with zero attached hydrogens (tertiary/aromatic N) is 1. The summed E-state index contributed by atoms with van der Waals surface area (Å²) in [6, 6.07) is 5.99. The molecular formula is C21H35Cl2N. The Labute approximate surface area is 159 Å². The Balaban J connectivity index is 1.84. The van der Waals surface area contributed by atoms with Crippen LogP contribution in [0.1, 0.15) is 76.2 Å². The molecule has 0 aliphatic carbocycles. The first kappa shape index (κ1) is 21.8. The van der Waals surface area contributed by atoms with E-state index in [2.05, 4.69) is 25.1 Å². The fourth-order valence-corrected chi connectivity index (χ4v) is 3.36. The second-order valence-electron chi connectivity index (χ2n) is 7.19. The Bertz CT molecular complexity index is 432. The van der Waals surface area contributed by atoms with Gasteiger partial charge in [0.25, 0.3) is 0 Å². The van der Waals surface area contributed by atoms with Gasteiger partial charge in [-0.2, -0.15) is 0 Å². The van der Waals surface area contributed by atoms with Gasteiger partial charge in [-0.05, 0) is 57.6 Å². The largest absolute Gasteiger partial charge is 0.309 e. The molecule has 0 heterocycles. The van der Waals surface area contributed by atoms with Gasteiger partial charge in [0, 0.05) is 0 Å². The van der Waals surface area contributed by atoms with Crippen molar-refractivity contribution in [2.24, 2.45) is 0 Å². The zero-order valence-corrected chi connectivity index (χ0v) is 17.1. The third-order valence-corrected chi connectivity index (χ3v) is 5.29. The summed E-state index contributed by atoms with van der Waals surface area (Å²) in [6.45, 7) is 1.24. The van der Waals surface area contributed by atoms with Gasteiger partial charge in [-0.3, -0.25) is 0 Å². The van der Waals surface area contributed by atoms with Gasteiger partial charge in [0.2, 0.25) is 0 Å². The normalized spacial score (nSPS) is 11.4. The third-order valence-electron chi connectivity index (χ3n) is 4.55. The summed E-state index contributed by atoms with van der Waals surface area (Å²) in [7, 11) is 4.31. The first-order valence-corrected chi connectivity index (χ1v) is 10.4. The van der Waals surface area contributed by atoms with Crippen LogP contribution in [0.15, 0.2) is 18.2 Å². The van der Waals surface area contributed by atoms with Crippen LogP contribution >= 0.6 is 23.2 Å². The van der Waals surface area contributed by atoms with Gasteiger partial charge >= 0.3 is 0 Å². The molecule has 1 aromatic carbocycles. The van der Waals surface area contributed by atoms with Crippen molar-refractivity contribution in [3.8, 4) is 0 Å². The van der Waals surface area contributed by atoms with E-state index in [1.807, 2.05) is 12.1 Å². The zero-order valence-electron chi connectivity index (χ0n) is 15.6. The minimum absolute atomic E-state index is 0.651. The number of hydrogen-bond acceptors (Lipinski definition) is 1. The highest BCUT2D eigenvalue weighted by Crippen LogP contribution is 2.23. The first-order chi connectivity index (χ1) is 11.6. The fourth-order valence-electron chi connectivity index (χ4n) is 3.04. The van der Waals surface area contributed by atoms with Crippen LogP contribution in [-0.4, -0.2) is 25.5 Å². The Morgan fingerprint density at radius 2 is 1.17 bits per heavy atom. The number of hydrogen-bond donors (Lipinski definition) is 0. The van der Waals surface area contributed by atoms with Crippen molar-refractivity contribution in [1.29, 1.82) is 0 Å². The summed E-state index contributed by atoms with van der Waals surface area (Å²) in [5, 5.41) is 1.33. The quantitative estimate of drug-likeness (QED) is 0.308. The highest BCUT2D eigenvalue weighted by Gasteiger charge is 2.00. The molecule has 0 aliphatic rings. The summed E-state index contributed by atoms with van der Waals surface area (Å²) < 4.78 is 0. The maximum Gasteiger partial charge on any atom is 0.0595 e. The van der Waals surface area contributed by atoms with Crippen LogP contribution in [-0.2, 0) is 6.42 Å². The van der Waals surface area contributed by atoms with E-state index in [1.54, 1.807) is 0 Å². The second kappa shape index (κ2) is 14.0. The number of aryl methyl sites for hydroxylation is 1. The summed E-state index contributed by atoms with van der Waals surface area (Å²) in [5.41, 5.74) is 1.30. The molecule has 0 aromatic heterocycles. The topological polar surface area (TPSA) is 3.24 Å². The predicted molar refractivity (Wildman–Crippen MR) is 110 cm³/mol. The average molecular weight is 372 g/mol. The van der Waals surface area contributed by atoms with E-state index in [-0.39, 0.29) is 0 Å². The lowest BCUT2D eigenvalue weighted by atomic mass is 10.0. The van der Waals surface area contributed by atoms with Gasteiger partial charge in [0.05, 0.1) is 10.0 Å². The fraction of sp³-hybridized carbons (Fsp3) is 0.714. The van der Waals surface area contributed by atoms with Crippen molar-refractivity contribution in [2.75, 3.05) is 20.6 Å². The molecule has 0 amide bonds. The molecule has 0 aliphatic heterocycles. The van der Waals surface area contributed by atoms with Gasteiger partial charge < -0.3 is 4.90 Å². The highest BCUT2D eigenvalue weighted by atomic mass is 35.5. The number of unbranched alkanes of at least 4 members (excludes halogenated alkanes) is 10. The molecule has 0 saturated heterocycles. The van der Waals surface area contributed by atoms with E-state index >= 15 is 0 Å². The van der Waals surface area contributed by atoms with Crippen LogP contribution in [0, 0.1) is 0 Å². The lowest BCUT2D eigenvalue weighted by Crippen LogP contribution is -2.12. The molecule has 3 heteroatoms. The molecule has 0 fully saturated rings. The Kier molecular flexibility index (Phi) is 12.7. The lowest BCUT2D eigenvalue weighted by Gasteiger charge is -2.08. The van der Waals surface area contributed by atoms with Crippen LogP contribution < -0.4 is 0 Å². The molecule has 1 aromatic rings. The van der Waals surface area contributed by atoms with Crippen molar-refractivity contribution >= 4 is 23.2 Å². The van der Waals surface area contributed by atoms with E-state index in [0.717, 1.165) is 6.42 Å². The van der Waals surface area contributed by atoms with Gasteiger partial charge in [0.15, 0.2) is 0 Å². The van der Waals surface area contributed by atoms with Gasteiger partial charge in [-0.15, -0.1) is 0 Å². The Morgan fingerprint density at radius 1 is 0.667 bits per heavy atom. The molecule has 0 bridgehead atoms. The minimum atomic E-state index is 0.651. The van der Waals surface area contributed by atoms with E-state index in [0.29, 0.717) is 10.0 Å². The average Bonchev–Trinajstić information content (AvgIpc) is 2.55. The Hall–Kier alpha value is -0.240. The smallest absolute Gasteiger partial charge is 0.0595 e. The van der Waals surface area contributed by atoms with Crippen molar-refractivity contribution in [3.05, 3.63) is 33.8 Å². The number of halogens is 2. The molecular weight excluding hydrogens is 337 g/mol. The summed E-state index contributed by atoms with van der Waals surface area (Å²) >= 11 is 12.0. The van der Waals surface area contributed by atoms with Crippen LogP contribution in [0.3, 0.4) is 0 Å². The molecule has 0 spiro atoms. The highest BCUT2D eigenvalue weighted by molar-refractivity contribution is 6.42. The van der Waals surface area contributed by atoms with Gasteiger partial charge in [0.1, 0.15) is 0 Å². The molecule has 138 valence electrons. The predicted octanol–water partition coefficient (Wildman–Crippen LogP) is 7.39. The summed E-state index contributed by atoms with van der Waals surface area (Å²) in [4.78, 5) is 2.28. The second-order valence-corrected chi connectivity index (χ2v) is 8.01. The molecule has 0 unspecified atom stereocenters. The van der Waals surface area contributed by atoms with E-state index in [4.69, 9.17) is 23.2 Å². The molecule has 0 saturated carbocycles.